The molecule has 3 aromatic rings. The van der Waals surface area contributed by atoms with Gasteiger partial charge in [-0.2, -0.15) is 0 Å². The van der Waals surface area contributed by atoms with Gasteiger partial charge in [-0.1, -0.05) is 13.8 Å². The fourth-order valence-electron chi connectivity index (χ4n) is 4.08. The van der Waals surface area contributed by atoms with E-state index in [9.17, 15) is 14.4 Å². The van der Waals surface area contributed by atoms with E-state index in [1.54, 1.807) is 20.3 Å². The van der Waals surface area contributed by atoms with Crippen molar-refractivity contribution in [3.8, 4) is 11.5 Å². The Morgan fingerprint density at radius 1 is 1.21 bits per heavy atom. The Labute approximate surface area is 197 Å². The summed E-state index contributed by atoms with van der Waals surface area (Å²) in [7, 11) is 3.19. The molecule has 4 rings (SSSR count). The third-order valence-corrected chi connectivity index (χ3v) is 5.92. The molecule has 0 spiro atoms. The molecule has 0 saturated heterocycles. The van der Waals surface area contributed by atoms with Crippen LogP contribution < -0.4 is 26.0 Å². The van der Waals surface area contributed by atoms with Crippen molar-refractivity contribution in [3.63, 3.8) is 0 Å². The van der Waals surface area contributed by atoms with E-state index < -0.39 is 11.2 Å². The number of carbonyl (C=O) groups excluding carboxylic acids is 1. The Bertz CT molecular complexity index is 1340. The Morgan fingerprint density at radius 2 is 1.97 bits per heavy atom. The van der Waals surface area contributed by atoms with Crippen molar-refractivity contribution in [2.24, 2.45) is 5.92 Å². The maximum Gasteiger partial charge on any atom is 0.330 e. The molecular weight excluding hydrogens is 436 g/mol. The van der Waals surface area contributed by atoms with Crippen molar-refractivity contribution < 1.29 is 14.3 Å². The molecule has 0 unspecified atom stereocenters. The molecule has 9 heteroatoms. The lowest BCUT2D eigenvalue weighted by atomic mass is 10.1. The van der Waals surface area contributed by atoms with E-state index in [1.165, 1.54) is 4.57 Å². The molecule has 1 fully saturated rings. The van der Waals surface area contributed by atoms with E-state index in [2.05, 4.69) is 15.3 Å². The number of nitrogens with zero attached hydrogens (tertiary/aromatic N) is 2. The van der Waals surface area contributed by atoms with E-state index in [4.69, 9.17) is 9.47 Å². The summed E-state index contributed by atoms with van der Waals surface area (Å²) in [4.78, 5) is 45.6. The van der Waals surface area contributed by atoms with Gasteiger partial charge in [-0.05, 0) is 55.0 Å². The highest BCUT2D eigenvalue weighted by Crippen LogP contribution is 2.40. The highest BCUT2D eigenvalue weighted by atomic mass is 16.5. The van der Waals surface area contributed by atoms with Crippen LogP contribution in [0.15, 0.2) is 33.9 Å². The smallest absolute Gasteiger partial charge is 0.330 e. The Balaban J connectivity index is 1.68. The average Bonchev–Trinajstić information content (AvgIpc) is 3.66. The second-order valence-electron chi connectivity index (χ2n) is 9.01. The minimum atomic E-state index is -0.602. The number of nitrogens with one attached hydrogen (secondary N) is 2. The van der Waals surface area contributed by atoms with Crippen LogP contribution in [0.3, 0.4) is 0 Å². The molecule has 0 atom stereocenters. The Morgan fingerprint density at radius 3 is 2.62 bits per heavy atom. The molecule has 1 aromatic carbocycles. The number of fused-ring (bicyclic) bond motifs is 1. The van der Waals surface area contributed by atoms with Gasteiger partial charge in [0.25, 0.3) is 11.5 Å². The number of carbonyl (C=O) groups is 1. The number of aromatic amines is 1. The zero-order valence-electron chi connectivity index (χ0n) is 19.9. The number of benzene rings is 1. The minimum absolute atomic E-state index is 0.140. The normalized spacial score (nSPS) is 13.3. The monoisotopic (exact) mass is 466 g/mol. The van der Waals surface area contributed by atoms with Gasteiger partial charge in [-0.3, -0.25) is 19.1 Å². The SMILES string of the molecule is COc1ccc(OC)c(CCNC(=O)c2cc(C3CC3)nc3c2c(=O)[nH]c(=O)n3CC(C)C)c1. The molecule has 1 aliphatic rings. The maximum atomic E-state index is 13.3. The number of hydrogen-bond donors (Lipinski definition) is 2. The molecule has 1 saturated carbocycles. The molecule has 0 radical (unpaired) electrons. The molecule has 180 valence electrons. The summed E-state index contributed by atoms with van der Waals surface area (Å²) >= 11 is 0. The van der Waals surface area contributed by atoms with Crippen molar-refractivity contribution in [3.05, 3.63) is 61.9 Å². The number of aromatic nitrogens is 3. The first-order valence-corrected chi connectivity index (χ1v) is 11.5. The molecular formula is C25H30N4O5. The quantitative estimate of drug-likeness (QED) is 0.501. The molecule has 34 heavy (non-hydrogen) atoms. The zero-order valence-corrected chi connectivity index (χ0v) is 19.9. The van der Waals surface area contributed by atoms with Crippen molar-refractivity contribution >= 4 is 16.9 Å². The van der Waals surface area contributed by atoms with Crippen LogP contribution in [0.25, 0.3) is 11.0 Å². The van der Waals surface area contributed by atoms with E-state index in [0.717, 1.165) is 24.1 Å². The van der Waals surface area contributed by atoms with Crippen LogP contribution in [0.2, 0.25) is 0 Å². The van der Waals surface area contributed by atoms with Gasteiger partial charge in [-0.15, -0.1) is 0 Å². The first-order chi connectivity index (χ1) is 16.3. The zero-order chi connectivity index (χ0) is 24.4. The second kappa shape index (κ2) is 9.70. The molecule has 2 heterocycles. The Kier molecular flexibility index (Phi) is 6.72. The summed E-state index contributed by atoms with van der Waals surface area (Å²) < 4.78 is 12.2. The van der Waals surface area contributed by atoms with E-state index in [-0.39, 0.29) is 34.3 Å². The number of amides is 1. The van der Waals surface area contributed by atoms with Crippen LogP contribution in [-0.2, 0) is 13.0 Å². The summed E-state index contributed by atoms with van der Waals surface area (Å²) in [6.45, 7) is 4.68. The molecule has 2 N–H and O–H groups in total. The molecule has 1 aliphatic carbocycles. The van der Waals surface area contributed by atoms with Crippen molar-refractivity contribution in [2.75, 3.05) is 20.8 Å². The largest absolute Gasteiger partial charge is 0.497 e. The van der Waals surface area contributed by atoms with Crippen molar-refractivity contribution in [1.29, 1.82) is 0 Å². The minimum Gasteiger partial charge on any atom is -0.497 e. The van der Waals surface area contributed by atoms with Gasteiger partial charge in [0.05, 0.1) is 25.2 Å². The lowest BCUT2D eigenvalue weighted by Gasteiger charge is -2.15. The summed E-state index contributed by atoms with van der Waals surface area (Å²) in [5.74, 6) is 1.43. The maximum absolute atomic E-state index is 13.3. The number of rotatable bonds is 9. The molecule has 9 nitrogen and oxygen atoms in total. The topological polar surface area (TPSA) is 115 Å². The highest BCUT2D eigenvalue weighted by Gasteiger charge is 2.28. The highest BCUT2D eigenvalue weighted by molar-refractivity contribution is 6.05. The molecule has 0 aliphatic heterocycles. The predicted octanol–water partition coefficient (Wildman–Crippen LogP) is 2.61. The number of methoxy groups -OCH3 is 2. The molecule has 0 bridgehead atoms. The van der Waals surface area contributed by atoms with Crippen LogP contribution in [0, 0.1) is 5.92 Å². The van der Waals surface area contributed by atoms with Gasteiger partial charge in [-0.25, -0.2) is 9.78 Å². The molecule has 1 amide bonds. The fourth-order valence-corrected chi connectivity index (χ4v) is 4.08. The van der Waals surface area contributed by atoms with Crippen LogP contribution in [0.4, 0.5) is 0 Å². The number of pyridine rings is 1. The summed E-state index contributed by atoms with van der Waals surface area (Å²) in [5.41, 5.74) is 1.03. The van der Waals surface area contributed by atoms with Crippen LogP contribution in [0.1, 0.15) is 54.2 Å². The van der Waals surface area contributed by atoms with Gasteiger partial charge in [0, 0.05) is 24.7 Å². The third kappa shape index (κ3) is 4.83. The standard InChI is InChI=1S/C25H30N4O5/c1-14(2)13-29-22-21(24(31)28-25(29)32)18(12-19(27-22)15-5-6-15)23(30)26-10-9-16-11-17(33-3)7-8-20(16)34-4/h7-8,11-12,14-15H,5-6,9-10,13H2,1-4H3,(H,26,30)(H,28,31,32). The Hall–Kier alpha value is -3.62. The predicted molar refractivity (Wildman–Crippen MR) is 129 cm³/mol. The summed E-state index contributed by atoms with van der Waals surface area (Å²) in [6.07, 6.45) is 2.47. The number of H-pyrrole nitrogens is 1. The van der Waals surface area contributed by atoms with Crippen molar-refractivity contribution in [2.45, 2.75) is 45.6 Å². The molecule has 2 aromatic heterocycles. The van der Waals surface area contributed by atoms with Gasteiger partial charge in [0.1, 0.15) is 11.5 Å². The first kappa shape index (κ1) is 23.5. The number of hydrogen-bond acceptors (Lipinski definition) is 6. The van der Waals surface area contributed by atoms with Gasteiger partial charge in [0.15, 0.2) is 5.65 Å². The van der Waals surface area contributed by atoms with E-state index in [1.807, 2.05) is 32.0 Å². The van der Waals surface area contributed by atoms with Crippen LogP contribution >= 0.6 is 0 Å². The fraction of sp³-hybridized carbons (Fsp3) is 0.440. The summed E-state index contributed by atoms with van der Waals surface area (Å²) in [5, 5.41) is 3.05. The van der Waals surface area contributed by atoms with Gasteiger partial charge < -0.3 is 14.8 Å². The van der Waals surface area contributed by atoms with E-state index >= 15 is 0 Å². The van der Waals surface area contributed by atoms with Crippen LogP contribution in [-0.4, -0.2) is 41.2 Å². The van der Waals surface area contributed by atoms with Crippen LogP contribution in [0.5, 0.6) is 11.5 Å². The summed E-state index contributed by atoms with van der Waals surface area (Å²) in [6, 6.07) is 7.20. The first-order valence-electron chi connectivity index (χ1n) is 11.5. The lowest BCUT2D eigenvalue weighted by molar-refractivity contribution is 0.0955. The van der Waals surface area contributed by atoms with Crippen molar-refractivity contribution in [1.82, 2.24) is 19.9 Å². The van der Waals surface area contributed by atoms with Gasteiger partial charge in [0.2, 0.25) is 0 Å². The van der Waals surface area contributed by atoms with Gasteiger partial charge >= 0.3 is 5.69 Å². The number of ether oxygens (including phenoxy) is 2. The average molecular weight is 467 g/mol. The van der Waals surface area contributed by atoms with E-state index in [0.29, 0.717) is 31.0 Å². The lowest BCUT2D eigenvalue weighted by Crippen LogP contribution is -2.34. The third-order valence-electron chi connectivity index (χ3n) is 5.92. The second-order valence-corrected chi connectivity index (χ2v) is 9.01.